The standard InChI is InChI=1S/C21H24N2O5S.C10H20N2O2.C10H22N2O.C9H21N3O.C9H22N2.C9H19NO.C8H15NO2.C8H17NO/c1-13-8-9-18(22-12-13)29(26,27)23-16-7-5-6-15(10-16)14(2)19-17(24)11-21(3,4)28-20(19)25;1-7(6-12(5)10(4)14)8(2)11-9(3)13;1-6-7(2)8(3)12-10(13)9(4)11-5;1-7(6-12(5)10-4)8(2)11-9(3)13;1-7(9(3)11-5)6-8(2)10-4;1-5-7(2)6-8(3)9(11)10-4;1-5(7(3)10)6(2)9-8(4)11;1-5-6(2)7(3)9-8(4)10/h5-10,12,14,23-24H,11H2,1-4H3;7-8H,6H2,1-5H3,(H,11,13);7-9,11H,6H2,1-5H3,(H,12,13);7-8,10H,6H2,1-5H3,(H,11,13);7-11H,6H2,1-5H3;7-8H,5-6H2,1-4H3,(H,10,11);5-6H,1-4H3,(H,9,11);6-7H,5H2,1-4H3,(H,9,10). The van der Waals surface area contributed by atoms with E-state index in [1.807, 2.05) is 95.5 Å². The van der Waals surface area contributed by atoms with Crippen molar-refractivity contribution in [3.05, 3.63) is 65.1 Å². The number of rotatable bonds is 34. The average molecular weight is 1610 g/mol. The van der Waals surface area contributed by atoms with Crippen LogP contribution in [0.4, 0.5) is 5.69 Å². The first-order chi connectivity index (χ1) is 51.6. The van der Waals surface area contributed by atoms with Crippen molar-refractivity contribution in [1.29, 1.82) is 0 Å². The largest absolute Gasteiger partial charge is 0.512 e. The van der Waals surface area contributed by atoms with Crippen molar-refractivity contribution in [1.82, 2.24) is 68.2 Å². The summed E-state index contributed by atoms with van der Waals surface area (Å²) in [6.45, 7) is 57.0. The van der Waals surface area contributed by atoms with Crippen LogP contribution >= 0.6 is 0 Å². The number of carbonyl (C=O) groups is 9. The summed E-state index contributed by atoms with van der Waals surface area (Å²) in [5.41, 5.74) is 4.31. The van der Waals surface area contributed by atoms with Crippen LogP contribution in [-0.2, 0) is 57.9 Å². The second-order valence-corrected chi connectivity index (χ2v) is 33.1. The van der Waals surface area contributed by atoms with Crippen LogP contribution in [0.15, 0.2) is 59.0 Å². The Morgan fingerprint density at radius 3 is 1.42 bits per heavy atom. The molecule has 27 nitrogen and oxygen atoms in total. The highest BCUT2D eigenvalue weighted by atomic mass is 32.2. The number of cyclic esters (lactones) is 1. The molecule has 0 saturated carbocycles. The fourth-order valence-corrected chi connectivity index (χ4v) is 11.4. The molecule has 12 N–H and O–H groups in total. The number of likely N-dealkylation sites (N-methyl/N-ethyl adjacent to an activating group) is 1. The van der Waals surface area contributed by atoms with E-state index in [0.29, 0.717) is 59.6 Å². The van der Waals surface area contributed by atoms with Gasteiger partial charge in [-0.3, -0.25) is 48.5 Å². The van der Waals surface area contributed by atoms with Gasteiger partial charge < -0.3 is 62.6 Å². The molecule has 17 atom stereocenters. The number of nitrogens with one attached hydrogen (secondary N) is 11. The van der Waals surface area contributed by atoms with Gasteiger partial charge in [-0.05, 0) is 189 Å². The van der Waals surface area contributed by atoms with E-state index in [1.54, 1.807) is 91.0 Å². The highest BCUT2D eigenvalue weighted by molar-refractivity contribution is 7.92. The van der Waals surface area contributed by atoms with Gasteiger partial charge in [-0.2, -0.15) is 8.42 Å². The lowest BCUT2D eigenvalue weighted by Gasteiger charge is -2.32. The third-order valence-electron chi connectivity index (χ3n) is 20.5. The Hall–Kier alpha value is -7.11. The number of benzene rings is 1. The highest BCUT2D eigenvalue weighted by Gasteiger charge is 2.37. The Bertz CT molecular complexity index is 3180. The fraction of sp³-hybridized carbons (Fsp3) is 0.738. The Labute approximate surface area is 678 Å². The Morgan fingerprint density at radius 2 is 1.04 bits per heavy atom. The summed E-state index contributed by atoms with van der Waals surface area (Å²) < 4.78 is 33.1. The summed E-state index contributed by atoms with van der Waals surface area (Å²) in [6.07, 6.45) is 7.30. The number of anilines is 1. The van der Waals surface area contributed by atoms with Crippen molar-refractivity contribution < 1.29 is 61.4 Å². The second kappa shape index (κ2) is 60.4. The van der Waals surface area contributed by atoms with Crippen molar-refractivity contribution in [3.8, 4) is 0 Å². The number of ether oxygens (including phenoxy) is 1. The Balaban J connectivity index is -0.000000404. The van der Waals surface area contributed by atoms with E-state index in [4.69, 9.17) is 4.74 Å². The number of aliphatic hydroxyl groups excluding tert-OH is 1. The molecule has 1 aromatic carbocycles. The van der Waals surface area contributed by atoms with E-state index in [2.05, 4.69) is 139 Å². The second-order valence-electron chi connectivity index (χ2n) is 31.5. The predicted molar refractivity (Wildman–Crippen MR) is 459 cm³/mol. The van der Waals surface area contributed by atoms with E-state index in [0.717, 1.165) is 43.7 Å². The van der Waals surface area contributed by atoms with Crippen LogP contribution in [0.1, 0.15) is 249 Å². The lowest BCUT2D eigenvalue weighted by atomic mass is 9.87. The molecular weight excluding hydrogens is 1450 g/mol. The van der Waals surface area contributed by atoms with Crippen molar-refractivity contribution in [2.24, 2.45) is 47.3 Å². The maximum absolute atomic E-state index is 12.6. The number of hydrogen-bond donors (Lipinski definition) is 12. The number of sulfonamides is 1. The molecular formula is C84H160N14O13S. The van der Waals surface area contributed by atoms with Gasteiger partial charge in [0.05, 0.1) is 11.6 Å². The Morgan fingerprint density at radius 1 is 0.571 bits per heavy atom. The van der Waals surface area contributed by atoms with Gasteiger partial charge in [0, 0.05) is 147 Å². The molecule has 0 saturated heterocycles. The normalized spacial score (nSPS) is 16.6. The zero-order chi connectivity index (χ0) is 88.4. The third kappa shape index (κ3) is 53.1. The lowest BCUT2D eigenvalue weighted by Crippen LogP contribution is -2.46. The number of hydrogen-bond acceptors (Lipinski definition) is 19. The minimum atomic E-state index is -3.85. The number of pyridine rings is 1. The maximum atomic E-state index is 12.6. The van der Waals surface area contributed by atoms with Crippen LogP contribution in [0.25, 0.3) is 0 Å². The van der Waals surface area contributed by atoms with Gasteiger partial charge >= 0.3 is 5.97 Å². The number of nitrogens with zero attached hydrogens (tertiary/aromatic N) is 3. The summed E-state index contributed by atoms with van der Waals surface area (Å²) in [7, 11) is 9.30. The van der Waals surface area contributed by atoms with Crippen LogP contribution in [0.3, 0.4) is 0 Å². The molecule has 7 amide bonds. The van der Waals surface area contributed by atoms with Gasteiger partial charge in [-0.1, -0.05) is 121 Å². The van der Waals surface area contributed by atoms with Crippen molar-refractivity contribution in [2.75, 3.05) is 67.1 Å². The minimum absolute atomic E-state index is 0.00594. The van der Waals surface area contributed by atoms with E-state index in [9.17, 15) is 56.7 Å². The molecule has 2 aromatic rings. The molecule has 112 heavy (non-hydrogen) atoms. The van der Waals surface area contributed by atoms with Crippen LogP contribution in [-0.4, -0.2) is 198 Å². The summed E-state index contributed by atoms with van der Waals surface area (Å²) >= 11 is 0. The molecule has 0 spiro atoms. The van der Waals surface area contributed by atoms with E-state index in [1.165, 1.54) is 46.4 Å². The van der Waals surface area contributed by atoms with Crippen LogP contribution in [0.2, 0.25) is 0 Å². The van der Waals surface area contributed by atoms with E-state index < -0.39 is 27.5 Å². The molecule has 0 fully saturated rings. The SMILES string of the molecule is CC(=O)NC(C)C(C)C(C)=O.CC(=O)NC(C)C(C)CN(C)C(C)=O.CCC(C)C(C)NC(=O)C(C)NC.CCC(C)C(C)NC(C)=O.CCC(C)CC(C)C(=O)NC.CNC(C)CC(C)C(C)NC.CNN(C)CC(C)C(C)NC(C)=O.Cc1ccc(S(=O)(=O)Nc2cccc(C(C)C3=C(O)CC(C)(C)OC3=O)c2)nc1. The number of aryl methyl sites for hydroxylation is 1. The molecule has 3 rings (SSSR count). The summed E-state index contributed by atoms with van der Waals surface area (Å²) in [6, 6.07) is 11.7. The topological polar surface area (TPSA) is 369 Å². The zero-order valence-corrected chi connectivity index (χ0v) is 76.9. The molecule has 2 heterocycles. The first kappa shape index (κ1) is 113. The molecule has 0 bridgehead atoms. The summed E-state index contributed by atoms with van der Waals surface area (Å²) in [4.78, 5) is 105. The van der Waals surface area contributed by atoms with Crippen molar-refractivity contribution >= 4 is 68.8 Å². The van der Waals surface area contributed by atoms with Gasteiger partial charge in [0.15, 0.2) is 5.03 Å². The number of aromatic nitrogens is 1. The number of carbonyl (C=O) groups excluding carboxylic acids is 9. The molecule has 0 aliphatic carbocycles. The number of hydrazine groups is 1. The van der Waals surface area contributed by atoms with Crippen LogP contribution in [0.5, 0.6) is 0 Å². The van der Waals surface area contributed by atoms with Crippen molar-refractivity contribution in [2.45, 2.75) is 304 Å². The number of aliphatic hydroxyl groups is 1. The van der Waals surface area contributed by atoms with Crippen LogP contribution in [0, 0.1) is 54.3 Å². The molecule has 28 heteroatoms. The molecule has 1 aliphatic heterocycles. The smallest absolute Gasteiger partial charge is 0.338 e. The first-order valence-corrected chi connectivity index (χ1v) is 41.5. The fourth-order valence-electron chi connectivity index (χ4n) is 10.4. The monoisotopic (exact) mass is 1610 g/mol. The average Bonchev–Trinajstić information content (AvgIpc) is 0.792. The van der Waals surface area contributed by atoms with Gasteiger partial charge in [-0.15, -0.1) is 0 Å². The number of ketones is 1. The van der Waals surface area contributed by atoms with Gasteiger partial charge in [0.25, 0.3) is 10.0 Å². The van der Waals surface area contributed by atoms with Gasteiger partial charge in [0.2, 0.25) is 41.4 Å². The predicted octanol–water partition coefficient (Wildman–Crippen LogP) is 11.1. The number of amides is 7. The third-order valence-corrected chi connectivity index (χ3v) is 21.8. The molecule has 1 aromatic heterocycles. The van der Waals surface area contributed by atoms with Gasteiger partial charge in [-0.25, -0.2) is 14.8 Å². The van der Waals surface area contributed by atoms with E-state index >= 15 is 0 Å². The van der Waals surface area contributed by atoms with E-state index in [-0.39, 0.29) is 118 Å². The quantitative estimate of drug-likeness (QED) is 0.0229. The van der Waals surface area contributed by atoms with Crippen LogP contribution < -0.4 is 58.0 Å². The van der Waals surface area contributed by atoms with Crippen molar-refractivity contribution in [3.63, 3.8) is 0 Å². The Kier molecular flexibility index (Phi) is 61.2. The van der Waals surface area contributed by atoms with Gasteiger partial charge in [0.1, 0.15) is 17.1 Å². The summed E-state index contributed by atoms with van der Waals surface area (Å²) in [5.74, 6) is 2.57. The number of Topliss-reactive ketones (excluding diaryl/α,β-unsaturated/α-hetero) is 1. The summed E-state index contributed by atoms with van der Waals surface area (Å²) in [5, 5.41) is 38.6. The molecule has 650 valence electrons. The first-order valence-electron chi connectivity index (χ1n) is 40.0. The molecule has 17 unspecified atom stereocenters. The molecule has 0 radical (unpaired) electrons. The number of esters is 1. The zero-order valence-electron chi connectivity index (χ0n) is 76.1. The molecule has 1 aliphatic rings. The maximum Gasteiger partial charge on any atom is 0.338 e. The minimum Gasteiger partial charge on any atom is -0.512 e. The lowest BCUT2D eigenvalue weighted by molar-refractivity contribution is -0.155. The highest BCUT2D eigenvalue weighted by Crippen LogP contribution is 2.36.